The second-order valence-electron chi connectivity index (χ2n) is 14.2. The van der Waals surface area contributed by atoms with Crippen molar-refractivity contribution in [3.63, 3.8) is 0 Å². The van der Waals surface area contributed by atoms with Crippen LogP contribution in [0.2, 0.25) is 0 Å². The highest BCUT2D eigenvalue weighted by Crippen LogP contribution is 2.23. The largest absolute Gasteiger partial charge is 0.489 e. The highest BCUT2D eigenvalue weighted by molar-refractivity contribution is 5.86. The Labute approximate surface area is 304 Å². The maximum Gasteiger partial charge on any atom is 0.309 e. The van der Waals surface area contributed by atoms with E-state index in [2.05, 4.69) is 23.8 Å². The summed E-state index contributed by atoms with van der Waals surface area (Å²) in [5.41, 5.74) is 2.63. The van der Waals surface area contributed by atoms with Gasteiger partial charge in [-0.2, -0.15) is 0 Å². The molecule has 0 fully saturated rings. The number of benzene rings is 3. The van der Waals surface area contributed by atoms with Crippen LogP contribution in [0.3, 0.4) is 0 Å². The van der Waals surface area contributed by atoms with E-state index in [1.165, 1.54) is 0 Å². The normalized spacial score (nSPS) is 13.6. The summed E-state index contributed by atoms with van der Waals surface area (Å²) < 4.78 is 11.7. The fraction of sp³-hybridized carbons (Fsp3) is 0.419. The van der Waals surface area contributed by atoms with E-state index in [4.69, 9.17) is 9.47 Å². The summed E-state index contributed by atoms with van der Waals surface area (Å²) in [5.74, 6) is -1.23. The quantitative estimate of drug-likeness (QED) is 0.0584. The van der Waals surface area contributed by atoms with Crippen LogP contribution in [-0.4, -0.2) is 48.2 Å². The molecule has 2 amide bonds. The number of unbranched alkanes of at least 4 members (excludes halogenated alkanes) is 1. The fourth-order valence-corrected chi connectivity index (χ4v) is 5.69. The third kappa shape index (κ3) is 15.0. The van der Waals surface area contributed by atoms with E-state index in [0.717, 1.165) is 35.3 Å². The molecule has 0 spiro atoms. The molecule has 3 N–H and O–H groups in total. The highest BCUT2D eigenvalue weighted by Gasteiger charge is 2.32. The van der Waals surface area contributed by atoms with E-state index >= 15 is 0 Å². The lowest BCUT2D eigenvalue weighted by atomic mass is 9.86. The number of hydrogen-bond acceptors (Lipinski definition) is 6. The van der Waals surface area contributed by atoms with Gasteiger partial charge in [-0.05, 0) is 72.8 Å². The van der Waals surface area contributed by atoms with Crippen molar-refractivity contribution in [2.75, 3.05) is 13.2 Å². The van der Waals surface area contributed by atoms with Gasteiger partial charge in [0.05, 0.1) is 30.5 Å². The molecule has 4 atom stereocenters. The molecule has 0 aliphatic carbocycles. The first-order valence-corrected chi connectivity index (χ1v) is 17.9. The Balaban J connectivity index is 1.56. The van der Waals surface area contributed by atoms with Crippen LogP contribution in [0.5, 0.6) is 5.75 Å². The number of carbonyl (C=O) groups is 3. The molecule has 3 rings (SSSR count). The van der Waals surface area contributed by atoms with Crippen LogP contribution >= 0.6 is 0 Å². The molecule has 0 heterocycles. The van der Waals surface area contributed by atoms with Gasteiger partial charge in [0.1, 0.15) is 19.0 Å². The Morgan fingerprint density at radius 1 is 0.804 bits per heavy atom. The van der Waals surface area contributed by atoms with Crippen molar-refractivity contribution in [3.05, 3.63) is 127 Å². The number of esters is 1. The number of rotatable bonds is 22. The molecule has 51 heavy (non-hydrogen) atoms. The SMILES string of the molecule is C=CCCC[C@H](Cc1ccccc1)C(=O)OC[C@@H](NC(=O)[C@@H](CC=C)CC(=O)N[C@H](CO)Cc1ccc(OCc2ccccc2)cc1)C(C)(C)C. The minimum absolute atomic E-state index is 0.0104. The van der Waals surface area contributed by atoms with Gasteiger partial charge in [-0.15, -0.1) is 13.2 Å². The lowest BCUT2D eigenvalue weighted by Crippen LogP contribution is -2.50. The van der Waals surface area contributed by atoms with Crippen molar-refractivity contribution in [2.24, 2.45) is 17.3 Å². The van der Waals surface area contributed by atoms with Crippen LogP contribution in [-0.2, 0) is 38.6 Å². The molecule has 3 aromatic rings. The summed E-state index contributed by atoms with van der Waals surface area (Å²) in [6, 6.07) is 26.3. The van der Waals surface area contributed by atoms with Gasteiger partial charge in [0, 0.05) is 6.42 Å². The summed E-state index contributed by atoms with van der Waals surface area (Å²) in [4.78, 5) is 40.1. The Bertz CT molecular complexity index is 1500. The predicted molar refractivity (Wildman–Crippen MR) is 203 cm³/mol. The lowest BCUT2D eigenvalue weighted by Gasteiger charge is -2.32. The van der Waals surface area contributed by atoms with Gasteiger partial charge in [-0.3, -0.25) is 14.4 Å². The number of amides is 2. The third-order valence-corrected chi connectivity index (χ3v) is 8.87. The van der Waals surface area contributed by atoms with Crippen LogP contribution < -0.4 is 15.4 Å². The molecular weight excluding hydrogens is 640 g/mol. The van der Waals surface area contributed by atoms with Crippen LogP contribution in [0.15, 0.2) is 110 Å². The van der Waals surface area contributed by atoms with E-state index in [1.807, 2.05) is 112 Å². The minimum Gasteiger partial charge on any atom is -0.489 e. The summed E-state index contributed by atoms with van der Waals surface area (Å²) >= 11 is 0. The van der Waals surface area contributed by atoms with Crippen molar-refractivity contribution in [2.45, 2.75) is 84.4 Å². The summed E-state index contributed by atoms with van der Waals surface area (Å²) in [7, 11) is 0. The predicted octanol–water partition coefficient (Wildman–Crippen LogP) is 7.16. The number of nitrogens with one attached hydrogen (secondary N) is 2. The Morgan fingerprint density at radius 3 is 2.02 bits per heavy atom. The zero-order valence-corrected chi connectivity index (χ0v) is 30.5. The zero-order chi connectivity index (χ0) is 37.1. The van der Waals surface area contributed by atoms with Crippen LogP contribution in [0.4, 0.5) is 0 Å². The first-order chi connectivity index (χ1) is 24.5. The average Bonchev–Trinajstić information content (AvgIpc) is 3.12. The number of hydrogen-bond donors (Lipinski definition) is 3. The molecule has 0 saturated heterocycles. The topological polar surface area (TPSA) is 114 Å². The van der Waals surface area contributed by atoms with E-state index < -0.39 is 23.4 Å². The molecule has 0 bridgehead atoms. The van der Waals surface area contributed by atoms with Gasteiger partial charge in [0.2, 0.25) is 11.8 Å². The molecule has 0 aliphatic rings. The number of carbonyl (C=O) groups excluding carboxylic acids is 3. The molecule has 0 aliphatic heterocycles. The molecule has 0 aromatic heterocycles. The smallest absolute Gasteiger partial charge is 0.309 e. The third-order valence-electron chi connectivity index (χ3n) is 8.87. The van der Waals surface area contributed by atoms with Gasteiger partial charge >= 0.3 is 5.97 Å². The fourth-order valence-electron chi connectivity index (χ4n) is 5.69. The lowest BCUT2D eigenvalue weighted by molar-refractivity contribution is -0.151. The van der Waals surface area contributed by atoms with Gasteiger partial charge in [-0.1, -0.05) is 106 Å². The molecule has 0 unspecified atom stereocenters. The van der Waals surface area contributed by atoms with Crippen LogP contribution in [0.1, 0.15) is 69.6 Å². The maximum absolute atomic E-state index is 13.6. The first-order valence-electron chi connectivity index (χ1n) is 17.9. The summed E-state index contributed by atoms with van der Waals surface area (Å²) in [5, 5.41) is 16.0. The molecular formula is C43H56N2O6. The van der Waals surface area contributed by atoms with Crippen molar-refractivity contribution < 1.29 is 29.0 Å². The van der Waals surface area contributed by atoms with Crippen molar-refractivity contribution in [1.29, 1.82) is 0 Å². The zero-order valence-electron chi connectivity index (χ0n) is 30.5. The molecule has 3 aromatic carbocycles. The monoisotopic (exact) mass is 696 g/mol. The number of ether oxygens (including phenoxy) is 2. The summed E-state index contributed by atoms with van der Waals surface area (Å²) in [6.07, 6.45) is 6.97. The van der Waals surface area contributed by atoms with E-state index in [0.29, 0.717) is 25.9 Å². The van der Waals surface area contributed by atoms with Gasteiger partial charge in [-0.25, -0.2) is 0 Å². The van der Waals surface area contributed by atoms with E-state index in [1.54, 1.807) is 6.08 Å². The molecule has 8 heteroatoms. The van der Waals surface area contributed by atoms with Gasteiger partial charge < -0.3 is 25.2 Å². The second kappa shape index (κ2) is 21.5. The van der Waals surface area contributed by atoms with Crippen molar-refractivity contribution in [3.8, 4) is 5.75 Å². The van der Waals surface area contributed by atoms with Crippen molar-refractivity contribution in [1.82, 2.24) is 10.6 Å². The molecule has 0 radical (unpaired) electrons. The summed E-state index contributed by atoms with van der Waals surface area (Å²) in [6.45, 7) is 13.7. The van der Waals surface area contributed by atoms with Gasteiger partial charge in [0.15, 0.2) is 0 Å². The standard InChI is InChI=1S/C43H56N2O6/c1-6-8-11-21-36(26-32-17-12-9-13-18-32)42(49)51-31-39(43(3,4)5)45-41(48)35(16-7-2)28-40(47)44-37(29-46)27-33-22-24-38(25-23-33)50-30-34-19-14-10-15-20-34/h6-7,9-10,12-15,17-20,22-25,35-37,39,46H,1-2,8,11,16,21,26-31H2,3-5H3,(H,44,47)(H,45,48)/t35-,36+,37-,39+/m0/s1. The highest BCUT2D eigenvalue weighted by atomic mass is 16.5. The number of allylic oxidation sites excluding steroid dienone is 2. The van der Waals surface area contributed by atoms with Gasteiger partial charge in [0.25, 0.3) is 0 Å². The van der Waals surface area contributed by atoms with Crippen LogP contribution in [0.25, 0.3) is 0 Å². The van der Waals surface area contributed by atoms with Crippen molar-refractivity contribution >= 4 is 17.8 Å². The van der Waals surface area contributed by atoms with E-state index in [9.17, 15) is 19.5 Å². The molecule has 8 nitrogen and oxygen atoms in total. The van der Waals surface area contributed by atoms with Crippen LogP contribution in [0, 0.1) is 17.3 Å². The maximum atomic E-state index is 13.6. The first kappa shape index (κ1) is 40.7. The minimum atomic E-state index is -0.687. The number of aliphatic hydroxyl groups excluding tert-OH is 1. The van der Waals surface area contributed by atoms with E-state index in [-0.39, 0.29) is 49.8 Å². The Hall–Kier alpha value is -4.69. The average molecular weight is 697 g/mol. The Kier molecular flexibility index (Phi) is 17.2. The second-order valence-corrected chi connectivity index (χ2v) is 14.2. The Morgan fingerprint density at radius 2 is 1.43 bits per heavy atom. The molecule has 274 valence electrons. The molecule has 0 saturated carbocycles. The number of aliphatic hydroxyl groups is 1.